The number of ether oxygens (including phenoxy) is 2. The van der Waals surface area contributed by atoms with Crippen molar-refractivity contribution in [3.8, 4) is 0 Å². The fourth-order valence-electron chi connectivity index (χ4n) is 2.95. The molecule has 0 aliphatic heterocycles. The Morgan fingerprint density at radius 1 is 1.19 bits per heavy atom. The van der Waals surface area contributed by atoms with Gasteiger partial charge in [-0.15, -0.1) is 0 Å². The number of hydrogen-bond donors (Lipinski definition) is 1. The molecule has 0 saturated heterocycles. The maximum Gasteiger partial charge on any atom is 0.339 e. The van der Waals surface area contributed by atoms with Gasteiger partial charge in [0.1, 0.15) is 5.57 Å². The standard InChI is InChI=1S/C24H28N2O5/c1-3-22(21-11-7-8-14-25-21)31-26-23(30-15-17-12-13-17)19-10-6-5-9-18(19)20(24(27)28)16-29-4-2/h5-11,14,16-17,22H,3-4,12-13,15H2,1-2H3,(H,27,28)/b20-16+,26-23+. The van der Waals surface area contributed by atoms with Gasteiger partial charge in [0.25, 0.3) is 5.90 Å². The Morgan fingerprint density at radius 2 is 1.94 bits per heavy atom. The molecule has 1 atom stereocenters. The van der Waals surface area contributed by atoms with Crippen molar-refractivity contribution in [2.24, 2.45) is 11.1 Å². The predicted octanol–water partition coefficient (Wildman–Crippen LogP) is 4.80. The van der Waals surface area contributed by atoms with Crippen LogP contribution in [-0.4, -0.2) is 35.2 Å². The number of rotatable bonds is 11. The molecule has 1 aliphatic rings. The van der Waals surface area contributed by atoms with Gasteiger partial charge in [-0.05, 0) is 55.5 Å². The molecule has 1 aliphatic carbocycles. The third-order valence-electron chi connectivity index (χ3n) is 4.85. The number of oxime groups is 1. The predicted molar refractivity (Wildman–Crippen MR) is 117 cm³/mol. The Labute approximate surface area is 182 Å². The van der Waals surface area contributed by atoms with E-state index in [2.05, 4.69) is 10.1 Å². The summed E-state index contributed by atoms with van der Waals surface area (Å²) in [5, 5.41) is 14.0. The first kappa shape index (κ1) is 22.3. The minimum atomic E-state index is -1.09. The molecule has 1 N–H and O–H groups in total. The minimum Gasteiger partial charge on any atom is -0.501 e. The minimum absolute atomic E-state index is 0.0249. The Balaban J connectivity index is 1.94. The number of carboxylic acid groups (broad SMARTS) is 1. The van der Waals surface area contributed by atoms with Crippen molar-refractivity contribution in [1.29, 1.82) is 0 Å². The number of nitrogens with zero attached hydrogens (tertiary/aromatic N) is 2. The highest BCUT2D eigenvalue weighted by atomic mass is 16.7. The summed E-state index contributed by atoms with van der Waals surface area (Å²) in [5.41, 5.74) is 1.78. The van der Waals surface area contributed by atoms with E-state index in [1.54, 1.807) is 31.3 Å². The maximum absolute atomic E-state index is 11.9. The molecule has 1 aromatic carbocycles. The molecular formula is C24H28N2O5. The highest BCUT2D eigenvalue weighted by molar-refractivity contribution is 6.18. The first-order valence-electron chi connectivity index (χ1n) is 10.6. The van der Waals surface area contributed by atoms with E-state index in [1.807, 2.05) is 31.2 Å². The highest BCUT2D eigenvalue weighted by Gasteiger charge is 2.25. The molecule has 7 heteroatoms. The van der Waals surface area contributed by atoms with Gasteiger partial charge in [-0.3, -0.25) is 4.98 Å². The number of carbonyl (C=O) groups is 1. The smallest absolute Gasteiger partial charge is 0.339 e. The van der Waals surface area contributed by atoms with Crippen molar-refractivity contribution < 1.29 is 24.2 Å². The zero-order chi connectivity index (χ0) is 22.1. The lowest BCUT2D eigenvalue weighted by molar-refractivity contribution is -0.130. The quantitative estimate of drug-likeness (QED) is 0.183. The molecule has 0 bridgehead atoms. The molecule has 1 aromatic heterocycles. The summed E-state index contributed by atoms with van der Waals surface area (Å²) < 4.78 is 11.3. The molecule has 164 valence electrons. The number of benzene rings is 1. The second-order valence-corrected chi connectivity index (χ2v) is 7.25. The van der Waals surface area contributed by atoms with Crippen LogP contribution < -0.4 is 0 Å². The van der Waals surface area contributed by atoms with Crippen LogP contribution >= 0.6 is 0 Å². The monoisotopic (exact) mass is 424 g/mol. The van der Waals surface area contributed by atoms with E-state index < -0.39 is 5.97 Å². The summed E-state index contributed by atoms with van der Waals surface area (Å²) in [4.78, 5) is 22.1. The van der Waals surface area contributed by atoms with Gasteiger partial charge in [0.15, 0.2) is 6.10 Å². The summed E-state index contributed by atoms with van der Waals surface area (Å²) in [6, 6.07) is 12.7. The molecule has 0 spiro atoms. The number of pyridine rings is 1. The first-order chi connectivity index (χ1) is 15.1. The van der Waals surface area contributed by atoms with Crippen LogP contribution in [-0.2, 0) is 19.1 Å². The zero-order valence-corrected chi connectivity index (χ0v) is 17.9. The van der Waals surface area contributed by atoms with Crippen LogP contribution in [0, 0.1) is 5.92 Å². The van der Waals surface area contributed by atoms with E-state index in [9.17, 15) is 9.90 Å². The second kappa shape index (κ2) is 11.2. The van der Waals surface area contributed by atoms with Crippen molar-refractivity contribution in [3.63, 3.8) is 0 Å². The van der Waals surface area contributed by atoms with Gasteiger partial charge in [0.2, 0.25) is 0 Å². The van der Waals surface area contributed by atoms with Crippen LogP contribution in [0.1, 0.15) is 56.0 Å². The van der Waals surface area contributed by atoms with Crippen molar-refractivity contribution in [1.82, 2.24) is 4.98 Å². The molecule has 0 radical (unpaired) electrons. The van der Waals surface area contributed by atoms with E-state index in [0.717, 1.165) is 18.5 Å². The van der Waals surface area contributed by atoms with Gasteiger partial charge in [-0.25, -0.2) is 4.79 Å². The van der Waals surface area contributed by atoms with Gasteiger partial charge in [0.05, 0.1) is 25.2 Å². The summed E-state index contributed by atoms with van der Waals surface area (Å²) in [5.74, 6) is -0.350. The third-order valence-corrected chi connectivity index (χ3v) is 4.85. The Bertz CT molecular complexity index is 923. The van der Waals surface area contributed by atoms with Crippen molar-refractivity contribution in [3.05, 3.63) is 71.7 Å². The molecule has 2 aromatic rings. The largest absolute Gasteiger partial charge is 0.501 e. The van der Waals surface area contributed by atoms with Crippen molar-refractivity contribution >= 4 is 17.4 Å². The summed E-state index contributed by atoms with van der Waals surface area (Å²) in [6.45, 7) is 4.66. The Hall–Kier alpha value is -3.35. The molecule has 1 saturated carbocycles. The molecular weight excluding hydrogens is 396 g/mol. The first-order valence-corrected chi connectivity index (χ1v) is 10.6. The van der Waals surface area contributed by atoms with Crippen LogP contribution in [0.3, 0.4) is 0 Å². The van der Waals surface area contributed by atoms with Gasteiger partial charge in [0, 0.05) is 17.3 Å². The normalized spacial score (nSPS) is 15.3. The van der Waals surface area contributed by atoms with Crippen molar-refractivity contribution in [2.45, 2.75) is 39.2 Å². The van der Waals surface area contributed by atoms with Crippen LogP contribution in [0.5, 0.6) is 0 Å². The number of aliphatic carboxylic acids is 1. The van der Waals surface area contributed by atoms with E-state index in [0.29, 0.717) is 36.7 Å². The van der Waals surface area contributed by atoms with Crippen LogP contribution in [0.4, 0.5) is 0 Å². The summed E-state index contributed by atoms with van der Waals surface area (Å²) in [6.07, 6.45) is 5.53. The average molecular weight is 424 g/mol. The maximum atomic E-state index is 11.9. The molecule has 1 unspecified atom stereocenters. The molecule has 0 amide bonds. The van der Waals surface area contributed by atoms with Gasteiger partial charge < -0.3 is 19.4 Å². The van der Waals surface area contributed by atoms with E-state index in [-0.39, 0.29) is 17.6 Å². The lowest BCUT2D eigenvalue weighted by Crippen LogP contribution is -2.15. The lowest BCUT2D eigenvalue weighted by atomic mass is 10.0. The number of carboxylic acids is 1. The van der Waals surface area contributed by atoms with Crippen LogP contribution in [0.25, 0.3) is 5.57 Å². The second-order valence-electron chi connectivity index (χ2n) is 7.25. The van der Waals surface area contributed by atoms with Gasteiger partial charge >= 0.3 is 5.97 Å². The Morgan fingerprint density at radius 3 is 2.55 bits per heavy atom. The fraction of sp³-hybridized carbons (Fsp3) is 0.375. The fourth-order valence-corrected chi connectivity index (χ4v) is 2.95. The summed E-state index contributed by atoms with van der Waals surface area (Å²) >= 11 is 0. The number of hydrogen-bond acceptors (Lipinski definition) is 6. The Kier molecular flexibility index (Phi) is 8.04. The van der Waals surface area contributed by atoms with Crippen LogP contribution in [0.15, 0.2) is 60.1 Å². The average Bonchev–Trinajstić information content (AvgIpc) is 3.62. The van der Waals surface area contributed by atoms with E-state index in [4.69, 9.17) is 14.3 Å². The van der Waals surface area contributed by atoms with Crippen molar-refractivity contribution in [2.75, 3.05) is 13.2 Å². The zero-order valence-electron chi connectivity index (χ0n) is 17.9. The molecule has 1 heterocycles. The number of aromatic nitrogens is 1. The van der Waals surface area contributed by atoms with Crippen LogP contribution in [0.2, 0.25) is 0 Å². The lowest BCUT2D eigenvalue weighted by Gasteiger charge is -2.16. The van der Waals surface area contributed by atoms with E-state index in [1.165, 1.54) is 6.26 Å². The molecule has 3 rings (SSSR count). The highest BCUT2D eigenvalue weighted by Crippen LogP contribution is 2.30. The van der Waals surface area contributed by atoms with Gasteiger partial charge in [-0.2, -0.15) is 0 Å². The van der Waals surface area contributed by atoms with Gasteiger partial charge in [-0.1, -0.05) is 31.2 Å². The van der Waals surface area contributed by atoms with E-state index >= 15 is 0 Å². The summed E-state index contributed by atoms with van der Waals surface area (Å²) in [7, 11) is 0. The molecule has 7 nitrogen and oxygen atoms in total. The third kappa shape index (κ3) is 6.31. The SMILES string of the molecule is CCO/C=C(/C(=O)O)c1ccccc1/C(=N\OC(CC)c1ccccn1)OCC1CC1. The molecule has 1 fully saturated rings. The topological polar surface area (TPSA) is 90.2 Å². The molecule has 31 heavy (non-hydrogen) atoms.